The Balaban J connectivity index is 2.38. The van der Waals surface area contributed by atoms with E-state index in [1.165, 1.54) is 21.6 Å². The van der Waals surface area contributed by atoms with E-state index in [0.717, 1.165) is 4.47 Å². The molecule has 1 aromatic heterocycles. The summed E-state index contributed by atoms with van der Waals surface area (Å²) in [4.78, 5) is 1.36. The van der Waals surface area contributed by atoms with E-state index >= 15 is 0 Å². The number of halogens is 1. The Labute approximate surface area is 115 Å². The first-order valence-corrected chi connectivity index (χ1v) is 7.27. The van der Waals surface area contributed by atoms with E-state index in [1.54, 1.807) is 11.3 Å². The molecule has 17 heavy (non-hydrogen) atoms. The van der Waals surface area contributed by atoms with Crippen molar-refractivity contribution in [1.82, 2.24) is 5.32 Å². The Hall–Kier alpha value is -0.640. The van der Waals surface area contributed by atoms with Crippen LogP contribution in [-0.4, -0.2) is 7.05 Å². The van der Waals surface area contributed by atoms with E-state index in [4.69, 9.17) is 0 Å². The average Bonchev–Trinajstić information content (AvgIpc) is 2.71. The average molecular weight is 310 g/mol. The van der Waals surface area contributed by atoms with Gasteiger partial charge in [0.1, 0.15) is 0 Å². The van der Waals surface area contributed by atoms with Gasteiger partial charge in [-0.3, -0.25) is 0 Å². The number of hydrogen-bond acceptors (Lipinski definition) is 2. The van der Waals surface area contributed by atoms with Crippen molar-refractivity contribution in [3.63, 3.8) is 0 Å². The summed E-state index contributed by atoms with van der Waals surface area (Å²) < 4.78 is 1.16. The Morgan fingerprint density at radius 1 is 1.18 bits per heavy atom. The molecule has 90 valence electrons. The van der Waals surface area contributed by atoms with Gasteiger partial charge in [-0.25, -0.2) is 0 Å². The summed E-state index contributed by atoms with van der Waals surface area (Å²) in [6.07, 6.45) is 0. The third-order valence-electron chi connectivity index (χ3n) is 2.89. The molecular formula is C14H16BrNS. The normalized spacial score (nSPS) is 12.7. The number of hydrogen-bond donors (Lipinski definition) is 1. The minimum Gasteiger partial charge on any atom is -0.309 e. The maximum absolute atomic E-state index is 3.54. The van der Waals surface area contributed by atoms with Crippen LogP contribution >= 0.6 is 27.3 Å². The number of thiophene rings is 1. The van der Waals surface area contributed by atoms with E-state index < -0.39 is 0 Å². The van der Waals surface area contributed by atoms with Crippen molar-refractivity contribution >= 4 is 27.3 Å². The molecule has 0 aliphatic rings. The molecule has 0 spiro atoms. The zero-order valence-corrected chi connectivity index (χ0v) is 12.7. The molecule has 1 atom stereocenters. The van der Waals surface area contributed by atoms with E-state index in [9.17, 15) is 0 Å². The van der Waals surface area contributed by atoms with Crippen LogP contribution in [0.15, 0.2) is 34.1 Å². The fourth-order valence-corrected chi connectivity index (χ4v) is 2.97. The van der Waals surface area contributed by atoms with E-state index in [1.807, 2.05) is 7.05 Å². The van der Waals surface area contributed by atoms with Gasteiger partial charge in [-0.1, -0.05) is 28.1 Å². The summed E-state index contributed by atoms with van der Waals surface area (Å²) in [7, 11) is 2.01. The van der Waals surface area contributed by atoms with Crippen molar-refractivity contribution in [1.29, 1.82) is 0 Å². The van der Waals surface area contributed by atoms with Crippen molar-refractivity contribution < 1.29 is 0 Å². The molecule has 0 bridgehead atoms. The predicted molar refractivity (Wildman–Crippen MR) is 78.8 cm³/mol. The van der Waals surface area contributed by atoms with Crippen LogP contribution in [0.3, 0.4) is 0 Å². The first-order valence-electron chi connectivity index (χ1n) is 5.60. The molecule has 0 aliphatic carbocycles. The minimum atomic E-state index is 0.284. The predicted octanol–water partition coefficient (Wildman–Crippen LogP) is 4.44. The maximum atomic E-state index is 3.54. The van der Waals surface area contributed by atoms with Crippen LogP contribution in [0.25, 0.3) is 0 Å². The topological polar surface area (TPSA) is 12.0 Å². The lowest BCUT2D eigenvalue weighted by molar-refractivity contribution is 0.693. The van der Waals surface area contributed by atoms with Gasteiger partial charge in [0.25, 0.3) is 0 Å². The van der Waals surface area contributed by atoms with Gasteiger partial charge >= 0.3 is 0 Å². The van der Waals surface area contributed by atoms with Crippen LogP contribution in [0.5, 0.6) is 0 Å². The number of nitrogens with one attached hydrogen (secondary N) is 1. The fourth-order valence-electron chi connectivity index (χ4n) is 1.99. The lowest BCUT2D eigenvalue weighted by Gasteiger charge is -2.16. The Kier molecular flexibility index (Phi) is 4.02. The minimum absolute atomic E-state index is 0.284. The second-order valence-electron chi connectivity index (χ2n) is 4.22. The van der Waals surface area contributed by atoms with Crippen molar-refractivity contribution in [2.24, 2.45) is 0 Å². The van der Waals surface area contributed by atoms with E-state index in [-0.39, 0.29) is 6.04 Å². The zero-order valence-electron chi connectivity index (χ0n) is 10.3. The molecule has 0 radical (unpaired) electrons. The highest BCUT2D eigenvalue weighted by molar-refractivity contribution is 9.10. The summed E-state index contributed by atoms with van der Waals surface area (Å²) in [5.74, 6) is 0. The lowest BCUT2D eigenvalue weighted by Crippen LogP contribution is -2.17. The smallest absolute Gasteiger partial charge is 0.0582 e. The number of aryl methyl sites for hydroxylation is 2. The highest BCUT2D eigenvalue weighted by Gasteiger charge is 2.13. The van der Waals surface area contributed by atoms with Gasteiger partial charge in [0, 0.05) is 9.35 Å². The molecule has 1 unspecified atom stereocenters. The van der Waals surface area contributed by atoms with E-state index in [0.29, 0.717) is 0 Å². The van der Waals surface area contributed by atoms with Crippen molar-refractivity contribution in [3.05, 3.63) is 55.7 Å². The van der Waals surface area contributed by atoms with Crippen LogP contribution < -0.4 is 5.32 Å². The number of benzene rings is 1. The summed E-state index contributed by atoms with van der Waals surface area (Å²) in [5, 5.41) is 5.62. The molecule has 0 fully saturated rings. The summed E-state index contributed by atoms with van der Waals surface area (Å²) in [6.45, 7) is 4.27. The molecule has 1 heterocycles. The zero-order chi connectivity index (χ0) is 12.4. The molecule has 0 amide bonds. The van der Waals surface area contributed by atoms with Gasteiger partial charge < -0.3 is 5.32 Å². The third-order valence-corrected chi connectivity index (χ3v) is 4.66. The van der Waals surface area contributed by atoms with Gasteiger partial charge in [-0.15, -0.1) is 11.3 Å². The van der Waals surface area contributed by atoms with Crippen molar-refractivity contribution in [2.75, 3.05) is 7.05 Å². The first kappa shape index (κ1) is 12.8. The number of rotatable bonds is 3. The van der Waals surface area contributed by atoms with Crippen molar-refractivity contribution in [3.8, 4) is 0 Å². The van der Waals surface area contributed by atoms with Crippen LogP contribution in [0.1, 0.15) is 27.6 Å². The maximum Gasteiger partial charge on any atom is 0.0582 e. The largest absolute Gasteiger partial charge is 0.309 e. The molecule has 1 nitrogen and oxygen atoms in total. The molecule has 1 N–H and O–H groups in total. The monoisotopic (exact) mass is 309 g/mol. The molecule has 0 aliphatic heterocycles. The third kappa shape index (κ3) is 2.79. The molecular weight excluding hydrogens is 294 g/mol. The van der Waals surface area contributed by atoms with Crippen LogP contribution in [0.2, 0.25) is 0 Å². The molecule has 0 saturated heterocycles. The fraction of sp³-hybridized carbons (Fsp3) is 0.286. The summed E-state index contributed by atoms with van der Waals surface area (Å²) in [6, 6.07) is 9.06. The standard InChI is InChI=1S/C14H16BrNS/c1-9-6-11(4-5-13(9)15)14(16-3)12-7-10(2)17-8-12/h4-8,14,16H,1-3H3. The summed E-state index contributed by atoms with van der Waals surface area (Å²) in [5.41, 5.74) is 3.93. The Morgan fingerprint density at radius 3 is 2.47 bits per heavy atom. The van der Waals surface area contributed by atoms with E-state index in [2.05, 4.69) is 64.7 Å². The second-order valence-corrected chi connectivity index (χ2v) is 6.19. The Morgan fingerprint density at radius 2 is 1.94 bits per heavy atom. The quantitative estimate of drug-likeness (QED) is 0.884. The first-order chi connectivity index (χ1) is 8.11. The summed E-state index contributed by atoms with van der Waals surface area (Å²) >= 11 is 5.34. The molecule has 2 rings (SSSR count). The second kappa shape index (κ2) is 5.34. The van der Waals surface area contributed by atoms with Crippen LogP contribution in [0.4, 0.5) is 0 Å². The highest BCUT2D eigenvalue weighted by atomic mass is 79.9. The van der Waals surface area contributed by atoms with Crippen molar-refractivity contribution in [2.45, 2.75) is 19.9 Å². The van der Waals surface area contributed by atoms with Gasteiger partial charge in [-0.05, 0) is 55.1 Å². The molecule has 2 aromatic rings. The van der Waals surface area contributed by atoms with Gasteiger partial charge in [0.15, 0.2) is 0 Å². The molecule has 3 heteroatoms. The van der Waals surface area contributed by atoms with Crippen LogP contribution in [0, 0.1) is 13.8 Å². The van der Waals surface area contributed by atoms with Gasteiger partial charge in [0.05, 0.1) is 6.04 Å². The molecule has 1 aromatic carbocycles. The SMILES string of the molecule is CNC(c1csc(C)c1)c1ccc(Br)c(C)c1. The van der Waals surface area contributed by atoms with Crippen LogP contribution in [-0.2, 0) is 0 Å². The lowest BCUT2D eigenvalue weighted by atomic mass is 9.99. The highest BCUT2D eigenvalue weighted by Crippen LogP contribution is 2.28. The van der Waals surface area contributed by atoms with Gasteiger partial charge in [-0.2, -0.15) is 0 Å². The van der Waals surface area contributed by atoms with Gasteiger partial charge in [0.2, 0.25) is 0 Å². The molecule has 0 saturated carbocycles. The Bertz CT molecular complexity index is 519.